The van der Waals surface area contributed by atoms with Gasteiger partial charge < -0.3 is 5.11 Å². The molecule has 0 unspecified atom stereocenters. The predicted octanol–water partition coefficient (Wildman–Crippen LogP) is 3.08. The Bertz CT molecular complexity index is 1480. The van der Waals surface area contributed by atoms with Gasteiger partial charge in [-0.3, -0.25) is 19.9 Å². The van der Waals surface area contributed by atoms with Crippen LogP contribution in [0.15, 0.2) is 76.2 Å². The number of carbonyl (C=O) groups is 2. The summed E-state index contributed by atoms with van der Waals surface area (Å²) in [5.41, 5.74) is 3.01. The molecule has 0 atom stereocenters. The van der Waals surface area contributed by atoms with Gasteiger partial charge in [0.1, 0.15) is 18.9 Å². The standard InChI is InChI=1S/C26H24N4O8/c1-16-21(24(31)29(27-16)19-10-6-17(7-11-19)14-37-35)4-3-5-22-23(15-38-36-2)28-30(25(22)32)20-12-8-18(9-13-20)26(33)34/h3-13,27,35H,14-15H2,1-2H3,(H,33,34)/b4-3+,22-5-. The number of carboxylic acid groups (broad SMARTS) is 1. The first-order valence-electron chi connectivity index (χ1n) is 11.3. The van der Waals surface area contributed by atoms with Gasteiger partial charge in [0, 0.05) is 5.69 Å². The van der Waals surface area contributed by atoms with Crippen molar-refractivity contribution >= 4 is 29.4 Å². The fourth-order valence-electron chi connectivity index (χ4n) is 3.76. The van der Waals surface area contributed by atoms with Crippen molar-refractivity contribution in [3.05, 3.63) is 99.0 Å². The number of aromatic amines is 1. The number of allylic oxidation sites excluding steroid dienone is 2. The molecule has 0 radical (unpaired) electrons. The number of rotatable bonds is 10. The second kappa shape index (κ2) is 11.6. The summed E-state index contributed by atoms with van der Waals surface area (Å²) in [5, 5.41) is 26.2. The summed E-state index contributed by atoms with van der Waals surface area (Å²) < 4.78 is 1.38. The normalized spacial score (nSPS) is 14.6. The van der Waals surface area contributed by atoms with Crippen LogP contribution in [-0.4, -0.2) is 51.4 Å². The van der Waals surface area contributed by atoms with Crippen LogP contribution in [0.3, 0.4) is 0 Å². The highest BCUT2D eigenvalue weighted by atomic mass is 17.2. The van der Waals surface area contributed by atoms with E-state index in [-0.39, 0.29) is 29.9 Å². The molecule has 3 N–H and O–H groups in total. The molecule has 38 heavy (non-hydrogen) atoms. The summed E-state index contributed by atoms with van der Waals surface area (Å²) in [6, 6.07) is 12.6. The average molecular weight is 520 g/mol. The van der Waals surface area contributed by atoms with Crippen molar-refractivity contribution in [2.45, 2.75) is 13.5 Å². The molecule has 0 bridgehead atoms. The monoisotopic (exact) mass is 520 g/mol. The molecule has 196 valence electrons. The summed E-state index contributed by atoms with van der Waals surface area (Å²) >= 11 is 0. The van der Waals surface area contributed by atoms with Crippen LogP contribution in [0, 0.1) is 6.92 Å². The Kier molecular flexibility index (Phi) is 8.09. The number of aryl methyl sites for hydroxylation is 1. The third-order valence-corrected chi connectivity index (χ3v) is 5.70. The highest BCUT2D eigenvalue weighted by Crippen LogP contribution is 2.24. The molecule has 1 amide bonds. The minimum absolute atomic E-state index is 0.0338. The van der Waals surface area contributed by atoms with Gasteiger partial charge in [-0.25, -0.2) is 24.1 Å². The van der Waals surface area contributed by atoms with E-state index in [4.69, 9.17) is 15.3 Å². The Morgan fingerprint density at radius 2 is 1.74 bits per heavy atom. The van der Waals surface area contributed by atoms with E-state index in [1.807, 2.05) is 0 Å². The van der Waals surface area contributed by atoms with Crippen LogP contribution >= 0.6 is 0 Å². The molecule has 1 aromatic heterocycles. The Balaban J connectivity index is 1.60. The molecule has 0 aliphatic carbocycles. The van der Waals surface area contributed by atoms with Crippen molar-refractivity contribution < 1.29 is 34.6 Å². The van der Waals surface area contributed by atoms with Gasteiger partial charge in [-0.1, -0.05) is 18.2 Å². The topological polar surface area (TPSA) is 156 Å². The van der Waals surface area contributed by atoms with E-state index in [1.54, 1.807) is 43.3 Å². The first kappa shape index (κ1) is 26.4. The Morgan fingerprint density at radius 3 is 2.37 bits per heavy atom. The Labute approximate surface area is 216 Å². The zero-order valence-electron chi connectivity index (χ0n) is 20.5. The first-order valence-corrected chi connectivity index (χ1v) is 11.3. The van der Waals surface area contributed by atoms with Gasteiger partial charge in [0.2, 0.25) is 0 Å². The number of aromatic nitrogens is 2. The largest absolute Gasteiger partial charge is 0.478 e. The van der Waals surface area contributed by atoms with Crippen molar-refractivity contribution in [3.8, 4) is 5.69 Å². The highest BCUT2D eigenvalue weighted by molar-refractivity contribution is 6.31. The molecule has 1 aliphatic rings. The molecule has 2 aromatic carbocycles. The third kappa shape index (κ3) is 5.53. The molecular weight excluding hydrogens is 496 g/mol. The van der Waals surface area contributed by atoms with Crippen molar-refractivity contribution in [3.63, 3.8) is 0 Å². The number of nitrogens with one attached hydrogen (secondary N) is 1. The smallest absolute Gasteiger partial charge is 0.335 e. The summed E-state index contributed by atoms with van der Waals surface area (Å²) in [7, 11) is 1.33. The van der Waals surface area contributed by atoms with Crippen LogP contribution in [0.25, 0.3) is 11.8 Å². The van der Waals surface area contributed by atoms with Crippen molar-refractivity contribution in [1.29, 1.82) is 0 Å². The molecular formula is C26H24N4O8. The molecule has 0 saturated heterocycles. The van der Waals surface area contributed by atoms with E-state index in [0.29, 0.717) is 28.3 Å². The number of hydrazone groups is 1. The van der Waals surface area contributed by atoms with Crippen LogP contribution in [0.4, 0.5) is 5.69 Å². The maximum absolute atomic E-state index is 13.1. The number of H-pyrrole nitrogens is 1. The second-order valence-corrected chi connectivity index (χ2v) is 8.11. The van der Waals surface area contributed by atoms with Gasteiger partial charge in [-0.2, -0.15) is 10.1 Å². The summed E-state index contributed by atoms with van der Waals surface area (Å²) in [4.78, 5) is 51.1. The molecule has 3 aromatic rings. The van der Waals surface area contributed by atoms with Crippen LogP contribution in [-0.2, 0) is 26.1 Å². The number of carbonyl (C=O) groups excluding carboxylic acids is 1. The van der Waals surface area contributed by atoms with E-state index in [2.05, 4.69) is 20.0 Å². The third-order valence-electron chi connectivity index (χ3n) is 5.70. The average Bonchev–Trinajstić information content (AvgIpc) is 3.38. The SMILES string of the molecule is COOCC1=NN(c2ccc(C(=O)O)cc2)C(=O)/C1=C\C=C\c1c(C)[nH]n(-c2ccc(COO)cc2)c1=O. The fraction of sp³-hybridized carbons (Fsp3) is 0.154. The van der Waals surface area contributed by atoms with Gasteiger partial charge >= 0.3 is 5.97 Å². The number of amides is 1. The lowest BCUT2D eigenvalue weighted by Crippen LogP contribution is -2.21. The molecule has 0 saturated carbocycles. The van der Waals surface area contributed by atoms with Gasteiger partial charge in [0.25, 0.3) is 11.5 Å². The quantitative estimate of drug-likeness (QED) is 0.209. The summed E-state index contributed by atoms with van der Waals surface area (Å²) in [6.45, 7) is 1.67. The van der Waals surface area contributed by atoms with Crippen LogP contribution in [0.5, 0.6) is 0 Å². The van der Waals surface area contributed by atoms with Crippen LogP contribution < -0.4 is 10.6 Å². The van der Waals surface area contributed by atoms with E-state index >= 15 is 0 Å². The maximum atomic E-state index is 13.1. The number of benzene rings is 2. The van der Waals surface area contributed by atoms with Gasteiger partial charge in [-0.15, -0.1) is 0 Å². The van der Waals surface area contributed by atoms with Crippen molar-refractivity contribution in [2.75, 3.05) is 18.7 Å². The highest BCUT2D eigenvalue weighted by Gasteiger charge is 2.31. The lowest BCUT2D eigenvalue weighted by Gasteiger charge is -2.11. The Morgan fingerprint density at radius 1 is 1.05 bits per heavy atom. The lowest BCUT2D eigenvalue weighted by molar-refractivity contribution is -0.259. The zero-order valence-corrected chi connectivity index (χ0v) is 20.5. The molecule has 12 heteroatoms. The molecule has 0 spiro atoms. The molecule has 4 rings (SSSR count). The van der Waals surface area contributed by atoms with Crippen LogP contribution in [0.2, 0.25) is 0 Å². The Hall–Kier alpha value is -4.62. The van der Waals surface area contributed by atoms with Gasteiger partial charge in [-0.05, 0) is 61.0 Å². The molecule has 2 heterocycles. The number of hydrogen-bond donors (Lipinski definition) is 3. The number of aromatic carboxylic acids is 1. The van der Waals surface area contributed by atoms with E-state index in [9.17, 15) is 14.4 Å². The molecule has 1 aliphatic heterocycles. The summed E-state index contributed by atoms with van der Waals surface area (Å²) in [5.74, 6) is -1.54. The lowest BCUT2D eigenvalue weighted by atomic mass is 10.1. The van der Waals surface area contributed by atoms with Crippen LogP contribution in [0.1, 0.15) is 27.2 Å². The fourth-order valence-corrected chi connectivity index (χ4v) is 3.76. The number of carboxylic acids is 1. The van der Waals surface area contributed by atoms with E-state index < -0.39 is 11.9 Å². The van der Waals surface area contributed by atoms with Gasteiger partial charge in [0.15, 0.2) is 0 Å². The van der Waals surface area contributed by atoms with Gasteiger partial charge in [0.05, 0.1) is 35.2 Å². The number of hydrogen-bond acceptors (Lipinski definition) is 8. The summed E-state index contributed by atoms with van der Waals surface area (Å²) in [6.07, 6.45) is 4.67. The van der Waals surface area contributed by atoms with E-state index in [1.165, 1.54) is 42.1 Å². The minimum Gasteiger partial charge on any atom is -0.478 e. The predicted molar refractivity (Wildman–Crippen MR) is 137 cm³/mol. The number of nitrogens with zero attached hydrogens (tertiary/aromatic N) is 3. The van der Waals surface area contributed by atoms with Crippen molar-refractivity contribution in [2.24, 2.45) is 5.10 Å². The number of anilines is 1. The van der Waals surface area contributed by atoms with Crippen molar-refractivity contribution in [1.82, 2.24) is 9.78 Å². The second-order valence-electron chi connectivity index (χ2n) is 8.11. The minimum atomic E-state index is -1.08. The maximum Gasteiger partial charge on any atom is 0.335 e. The molecule has 12 nitrogen and oxygen atoms in total. The van der Waals surface area contributed by atoms with E-state index in [0.717, 1.165) is 10.6 Å². The molecule has 0 fully saturated rings. The zero-order chi connectivity index (χ0) is 27.2. The first-order chi connectivity index (χ1) is 18.3.